The van der Waals surface area contributed by atoms with E-state index in [4.69, 9.17) is 23.2 Å². The smallest absolute Gasteiger partial charge is 0.244 e. The SMILES string of the molecule is CC(=O)N1CCN(S(=O)(=O)c2cc(Cl)ccc2Cl)CC1. The molecule has 0 spiro atoms. The van der Waals surface area contributed by atoms with Gasteiger partial charge in [0.25, 0.3) is 0 Å². The third-order valence-electron chi connectivity index (χ3n) is 3.20. The lowest BCUT2D eigenvalue weighted by molar-refractivity contribution is -0.129. The Kier molecular flexibility index (Phi) is 4.59. The quantitative estimate of drug-likeness (QED) is 0.828. The van der Waals surface area contributed by atoms with Crippen molar-refractivity contribution in [2.75, 3.05) is 26.2 Å². The molecule has 1 saturated heterocycles. The monoisotopic (exact) mass is 336 g/mol. The summed E-state index contributed by atoms with van der Waals surface area (Å²) in [6.45, 7) is 2.74. The number of sulfonamides is 1. The summed E-state index contributed by atoms with van der Waals surface area (Å²) in [5.41, 5.74) is 0. The number of piperazine rings is 1. The molecule has 1 aromatic rings. The van der Waals surface area contributed by atoms with Gasteiger partial charge in [0.15, 0.2) is 0 Å². The van der Waals surface area contributed by atoms with E-state index in [1.165, 1.54) is 29.4 Å². The van der Waals surface area contributed by atoms with E-state index in [1.54, 1.807) is 4.90 Å². The second kappa shape index (κ2) is 5.89. The van der Waals surface area contributed by atoms with Crippen LogP contribution in [0.15, 0.2) is 23.1 Å². The first-order valence-electron chi connectivity index (χ1n) is 6.03. The molecule has 1 amide bonds. The maximum Gasteiger partial charge on any atom is 0.244 e. The highest BCUT2D eigenvalue weighted by atomic mass is 35.5. The number of halogens is 2. The van der Waals surface area contributed by atoms with Gasteiger partial charge in [-0.2, -0.15) is 4.31 Å². The van der Waals surface area contributed by atoms with Crippen molar-refractivity contribution in [3.63, 3.8) is 0 Å². The van der Waals surface area contributed by atoms with Crippen LogP contribution in [0, 0.1) is 0 Å². The van der Waals surface area contributed by atoms with Gasteiger partial charge in [-0.05, 0) is 18.2 Å². The van der Waals surface area contributed by atoms with Crippen molar-refractivity contribution in [2.24, 2.45) is 0 Å². The summed E-state index contributed by atoms with van der Waals surface area (Å²) in [5.74, 6) is -0.0529. The van der Waals surface area contributed by atoms with E-state index in [-0.39, 0.29) is 28.9 Å². The Labute approximate surface area is 128 Å². The predicted molar refractivity (Wildman–Crippen MR) is 77.5 cm³/mol. The first kappa shape index (κ1) is 15.6. The number of amides is 1. The molecule has 110 valence electrons. The Balaban J connectivity index is 2.24. The lowest BCUT2D eigenvalue weighted by atomic mass is 10.3. The lowest BCUT2D eigenvalue weighted by Gasteiger charge is -2.33. The molecule has 1 aliphatic heterocycles. The van der Waals surface area contributed by atoms with Crippen molar-refractivity contribution in [2.45, 2.75) is 11.8 Å². The van der Waals surface area contributed by atoms with Gasteiger partial charge >= 0.3 is 0 Å². The van der Waals surface area contributed by atoms with Crippen molar-refractivity contribution in [3.8, 4) is 0 Å². The molecule has 0 aromatic heterocycles. The van der Waals surface area contributed by atoms with Crippen LogP contribution in [0.2, 0.25) is 10.0 Å². The summed E-state index contributed by atoms with van der Waals surface area (Å²) in [4.78, 5) is 12.9. The third-order valence-corrected chi connectivity index (χ3v) is 5.81. The molecule has 0 N–H and O–H groups in total. The average molecular weight is 337 g/mol. The van der Waals surface area contributed by atoms with Crippen molar-refractivity contribution in [1.82, 2.24) is 9.21 Å². The van der Waals surface area contributed by atoms with E-state index < -0.39 is 10.0 Å². The average Bonchev–Trinajstić information content (AvgIpc) is 2.41. The van der Waals surface area contributed by atoms with Crippen LogP contribution in [0.5, 0.6) is 0 Å². The molecule has 2 rings (SSSR count). The summed E-state index contributed by atoms with van der Waals surface area (Å²) >= 11 is 11.8. The third kappa shape index (κ3) is 3.09. The normalized spacial score (nSPS) is 17.2. The van der Waals surface area contributed by atoms with Crippen molar-refractivity contribution >= 4 is 39.1 Å². The molecule has 1 fully saturated rings. The van der Waals surface area contributed by atoms with Crippen LogP contribution < -0.4 is 0 Å². The Morgan fingerprint density at radius 2 is 1.75 bits per heavy atom. The maximum atomic E-state index is 12.5. The van der Waals surface area contributed by atoms with Crippen LogP contribution in [0.1, 0.15) is 6.92 Å². The molecular weight excluding hydrogens is 323 g/mol. The van der Waals surface area contributed by atoms with E-state index in [9.17, 15) is 13.2 Å². The van der Waals surface area contributed by atoms with E-state index in [0.29, 0.717) is 18.1 Å². The number of carbonyl (C=O) groups excluding carboxylic acids is 1. The number of carbonyl (C=O) groups is 1. The largest absolute Gasteiger partial charge is 0.340 e. The standard InChI is InChI=1S/C12H14Cl2N2O3S/c1-9(17)15-4-6-16(7-5-15)20(18,19)12-8-10(13)2-3-11(12)14/h2-3,8H,4-7H2,1H3. The molecule has 0 unspecified atom stereocenters. The second-order valence-electron chi connectivity index (χ2n) is 4.48. The molecule has 0 aliphatic carbocycles. The minimum Gasteiger partial charge on any atom is -0.340 e. The molecule has 1 aromatic carbocycles. The minimum absolute atomic E-state index is 0.00272. The highest BCUT2D eigenvalue weighted by Crippen LogP contribution is 2.28. The maximum absolute atomic E-state index is 12.5. The first-order valence-corrected chi connectivity index (χ1v) is 8.22. The highest BCUT2D eigenvalue weighted by Gasteiger charge is 2.30. The molecule has 0 bridgehead atoms. The van der Waals surface area contributed by atoms with Gasteiger partial charge in [0.2, 0.25) is 15.9 Å². The van der Waals surface area contributed by atoms with Gasteiger partial charge < -0.3 is 4.90 Å². The minimum atomic E-state index is -3.69. The van der Waals surface area contributed by atoms with Gasteiger partial charge in [0, 0.05) is 38.1 Å². The lowest BCUT2D eigenvalue weighted by Crippen LogP contribution is -2.49. The zero-order chi connectivity index (χ0) is 14.9. The van der Waals surface area contributed by atoms with Gasteiger partial charge in [0.05, 0.1) is 5.02 Å². The summed E-state index contributed by atoms with van der Waals surface area (Å²) in [5, 5.41) is 0.457. The Hall–Kier alpha value is -0.820. The molecule has 0 saturated carbocycles. The van der Waals surface area contributed by atoms with Crippen molar-refractivity contribution in [3.05, 3.63) is 28.2 Å². The fourth-order valence-electron chi connectivity index (χ4n) is 2.06. The van der Waals surface area contributed by atoms with Crippen molar-refractivity contribution < 1.29 is 13.2 Å². The number of hydrogen-bond donors (Lipinski definition) is 0. The molecule has 0 radical (unpaired) electrons. The molecular formula is C12H14Cl2N2O3S. The van der Waals surface area contributed by atoms with Gasteiger partial charge in [0.1, 0.15) is 4.90 Å². The van der Waals surface area contributed by atoms with Gasteiger partial charge in [-0.25, -0.2) is 8.42 Å². The topological polar surface area (TPSA) is 57.7 Å². The van der Waals surface area contributed by atoms with E-state index in [0.717, 1.165) is 0 Å². The molecule has 20 heavy (non-hydrogen) atoms. The Morgan fingerprint density at radius 3 is 2.30 bits per heavy atom. The number of benzene rings is 1. The summed E-state index contributed by atoms with van der Waals surface area (Å²) in [6, 6.07) is 4.34. The summed E-state index contributed by atoms with van der Waals surface area (Å²) in [7, 11) is -3.69. The number of nitrogens with zero attached hydrogens (tertiary/aromatic N) is 2. The van der Waals surface area contributed by atoms with Gasteiger partial charge in [-0.1, -0.05) is 23.2 Å². The molecule has 5 nitrogen and oxygen atoms in total. The molecule has 1 heterocycles. The van der Waals surface area contributed by atoms with Crippen molar-refractivity contribution in [1.29, 1.82) is 0 Å². The zero-order valence-electron chi connectivity index (χ0n) is 10.8. The predicted octanol–water partition coefficient (Wildman–Crippen LogP) is 1.85. The van der Waals surface area contributed by atoms with E-state index >= 15 is 0 Å². The van der Waals surface area contributed by atoms with E-state index in [2.05, 4.69) is 0 Å². The van der Waals surface area contributed by atoms with Gasteiger partial charge in [-0.3, -0.25) is 4.79 Å². The van der Waals surface area contributed by atoms with Crippen LogP contribution in [0.3, 0.4) is 0 Å². The van der Waals surface area contributed by atoms with Crippen LogP contribution in [-0.4, -0.2) is 49.7 Å². The second-order valence-corrected chi connectivity index (χ2v) is 7.23. The van der Waals surface area contributed by atoms with Crippen LogP contribution >= 0.6 is 23.2 Å². The fraction of sp³-hybridized carbons (Fsp3) is 0.417. The molecule has 1 aliphatic rings. The summed E-state index contributed by atoms with van der Waals surface area (Å²) in [6.07, 6.45) is 0. The highest BCUT2D eigenvalue weighted by molar-refractivity contribution is 7.89. The summed E-state index contributed by atoms with van der Waals surface area (Å²) < 4.78 is 26.4. The number of rotatable bonds is 2. The molecule has 0 atom stereocenters. The van der Waals surface area contributed by atoms with Gasteiger partial charge in [-0.15, -0.1) is 0 Å². The first-order chi connectivity index (χ1) is 9.32. The fourth-order valence-corrected chi connectivity index (χ4v) is 4.22. The van der Waals surface area contributed by atoms with Crippen LogP contribution in [0.25, 0.3) is 0 Å². The number of hydrogen-bond acceptors (Lipinski definition) is 3. The van der Waals surface area contributed by atoms with Crippen LogP contribution in [0.4, 0.5) is 0 Å². The Morgan fingerprint density at radius 1 is 1.15 bits per heavy atom. The van der Waals surface area contributed by atoms with Crippen LogP contribution in [-0.2, 0) is 14.8 Å². The Bertz CT molecular complexity index is 626. The van der Waals surface area contributed by atoms with E-state index in [1.807, 2.05) is 0 Å². The zero-order valence-corrected chi connectivity index (χ0v) is 13.2. The molecule has 8 heteroatoms.